The standard InChI is InChI=1S/C22H23F2N3O6S/c1-13-11-26(34(30,31)16-6-3-14(4-7-16)33-22(23)24)12-20(13)27-19-9-15(32-2)5-8-17(19)18(25-27)10-21(28)29/h3-9,13,20,22H,10-12H2,1-2H3,(H,28,29)/t13-,20+/m1/s1. The van der Waals surface area contributed by atoms with Crippen molar-refractivity contribution < 1.29 is 36.6 Å². The zero-order valence-corrected chi connectivity index (χ0v) is 19.2. The van der Waals surface area contributed by atoms with Gasteiger partial charge in [-0.1, -0.05) is 6.92 Å². The molecule has 0 radical (unpaired) electrons. The molecule has 0 amide bonds. The highest BCUT2D eigenvalue weighted by Gasteiger charge is 2.39. The number of aliphatic carboxylic acids is 1. The van der Waals surface area contributed by atoms with Crippen LogP contribution in [0.15, 0.2) is 47.4 Å². The van der Waals surface area contributed by atoms with E-state index in [9.17, 15) is 27.1 Å². The first-order valence-corrected chi connectivity index (χ1v) is 11.9. The largest absolute Gasteiger partial charge is 0.497 e. The lowest BCUT2D eigenvalue weighted by Crippen LogP contribution is -2.29. The predicted octanol–water partition coefficient (Wildman–Crippen LogP) is 3.16. The lowest BCUT2D eigenvalue weighted by atomic mass is 10.1. The number of benzene rings is 2. The van der Waals surface area contributed by atoms with E-state index in [2.05, 4.69) is 9.84 Å². The van der Waals surface area contributed by atoms with Crippen molar-refractivity contribution in [1.82, 2.24) is 14.1 Å². The van der Waals surface area contributed by atoms with Gasteiger partial charge in [-0.25, -0.2) is 8.42 Å². The van der Waals surface area contributed by atoms with E-state index in [1.54, 1.807) is 22.9 Å². The summed E-state index contributed by atoms with van der Waals surface area (Å²) in [6, 6.07) is 9.67. The molecule has 4 rings (SSSR count). The Labute approximate surface area is 194 Å². The number of carbonyl (C=O) groups is 1. The highest BCUT2D eigenvalue weighted by Crippen LogP contribution is 2.35. The highest BCUT2D eigenvalue weighted by atomic mass is 32.2. The fourth-order valence-corrected chi connectivity index (χ4v) is 5.76. The quantitative estimate of drug-likeness (QED) is 0.511. The summed E-state index contributed by atoms with van der Waals surface area (Å²) in [5.41, 5.74) is 1.04. The number of carboxylic acids is 1. The Balaban J connectivity index is 1.66. The molecule has 0 spiro atoms. The topological polar surface area (TPSA) is 111 Å². The van der Waals surface area contributed by atoms with Gasteiger partial charge in [-0.3, -0.25) is 9.48 Å². The van der Waals surface area contributed by atoms with Crippen LogP contribution in [0, 0.1) is 5.92 Å². The molecule has 9 nitrogen and oxygen atoms in total. The fraction of sp³-hybridized carbons (Fsp3) is 0.364. The number of hydrogen-bond acceptors (Lipinski definition) is 6. The molecule has 3 aromatic rings. The second-order valence-corrected chi connectivity index (χ2v) is 10.00. The summed E-state index contributed by atoms with van der Waals surface area (Å²) < 4.78 is 63.8. The van der Waals surface area contributed by atoms with Crippen molar-refractivity contribution in [3.63, 3.8) is 0 Å². The molecule has 0 bridgehead atoms. The second kappa shape index (κ2) is 9.18. The Morgan fingerprint density at radius 3 is 2.47 bits per heavy atom. The number of rotatable bonds is 8. The lowest BCUT2D eigenvalue weighted by Gasteiger charge is -2.18. The molecular weight excluding hydrogens is 472 g/mol. The summed E-state index contributed by atoms with van der Waals surface area (Å²) in [4.78, 5) is 11.3. The van der Waals surface area contributed by atoms with Crippen molar-refractivity contribution in [2.75, 3.05) is 20.2 Å². The van der Waals surface area contributed by atoms with Crippen LogP contribution in [-0.2, 0) is 21.2 Å². The van der Waals surface area contributed by atoms with Crippen LogP contribution in [0.2, 0.25) is 0 Å². The second-order valence-electron chi connectivity index (χ2n) is 8.06. The Morgan fingerprint density at radius 1 is 1.18 bits per heavy atom. The first kappa shape index (κ1) is 23.9. The van der Waals surface area contributed by atoms with E-state index in [0.717, 1.165) is 0 Å². The number of nitrogens with zero attached hydrogens (tertiary/aromatic N) is 3. The lowest BCUT2D eigenvalue weighted by molar-refractivity contribution is -0.136. The molecule has 2 atom stereocenters. The molecule has 0 saturated carbocycles. The summed E-state index contributed by atoms with van der Waals surface area (Å²) >= 11 is 0. The van der Waals surface area contributed by atoms with Gasteiger partial charge < -0.3 is 14.6 Å². The van der Waals surface area contributed by atoms with E-state index in [-0.39, 0.29) is 42.1 Å². The van der Waals surface area contributed by atoms with Gasteiger partial charge in [-0.2, -0.15) is 18.2 Å². The molecule has 0 unspecified atom stereocenters. The van der Waals surface area contributed by atoms with Crippen LogP contribution in [-0.4, -0.2) is 60.4 Å². The summed E-state index contributed by atoms with van der Waals surface area (Å²) in [6.45, 7) is -0.790. The van der Waals surface area contributed by atoms with Crippen LogP contribution in [0.1, 0.15) is 18.7 Å². The molecular formula is C22H23F2N3O6S. The first-order valence-electron chi connectivity index (χ1n) is 10.4. The average Bonchev–Trinajstić information content (AvgIpc) is 3.33. The first-order chi connectivity index (χ1) is 16.1. The van der Waals surface area contributed by atoms with Gasteiger partial charge in [0.15, 0.2) is 0 Å². The molecule has 1 fully saturated rings. The van der Waals surface area contributed by atoms with Crippen molar-refractivity contribution >= 4 is 26.9 Å². The molecule has 0 aliphatic carbocycles. The predicted molar refractivity (Wildman–Crippen MR) is 118 cm³/mol. The van der Waals surface area contributed by atoms with Crippen molar-refractivity contribution in [2.24, 2.45) is 5.92 Å². The van der Waals surface area contributed by atoms with Crippen LogP contribution in [0.25, 0.3) is 10.9 Å². The third kappa shape index (κ3) is 4.55. The van der Waals surface area contributed by atoms with E-state index < -0.39 is 22.6 Å². The van der Waals surface area contributed by atoms with Gasteiger partial charge in [0.25, 0.3) is 0 Å². The summed E-state index contributed by atoms with van der Waals surface area (Å²) in [6.07, 6.45) is -0.272. The third-order valence-corrected chi connectivity index (χ3v) is 7.70. The molecule has 1 aliphatic heterocycles. The van der Waals surface area contributed by atoms with Crippen LogP contribution in [0.3, 0.4) is 0 Å². The summed E-state index contributed by atoms with van der Waals surface area (Å²) in [5.74, 6) is -0.727. The normalized spacial score (nSPS) is 19.1. The molecule has 2 heterocycles. The number of halogens is 2. The molecule has 182 valence electrons. The van der Waals surface area contributed by atoms with Gasteiger partial charge in [0.2, 0.25) is 10.0 Å². The van der Waals surface area contributed by atoms with E-state index in [0.29, 0.717) is 22.3 Å². The van der Waals surface area contributed by atoms with Gasteiger partial charge >= 0.3 is 12.6 Å². The molecule has 1 aromatic heterocycles. The minimum absolute atomic E-state index is 0.0412. The zero-order valence-electron chi connectivity index (χ0n) is 18.4. The molecule has 2 aromatic carbocycles. The van der Waals surface area contributed by atoms with Crippen LogP contribution >= 0.6 is 0 Å². The van der Waals surface area contributed by atoms with E-state index in [4.69, 9.17) is 4.74 Å². The van der Waals surface area contributed by atoms with Gasteiger partial charge in [0.05, 0.1) is 35.7 Å². The smallest absolute Gasteiger partial charge is 0.387 e. The number of carboxylic acid groups (broad SMARTS) is 1. The Bertz CT molecular complexity index is 1310. The van der Waals surface area contributed by atoms with E-state index >= 15 is 0 Å². The highest BCUT2D eigenvalue weighted by molar-refractivity contribution is 7.89. The van der Waals surface area contributed by atoms with E-state index in [1.807, 2.05) is 6.92 Å². The minimum atomic E-state index is -3.91. The SMILES string of the molecule is COc1ccc2c(CC(=O)O)nn([C@H]3CN(S(=O)(=O)c4ccc(OC(F)F)cc4)C[C@H]3C)c2c1. The monoisotopic (exact) mass is 495 g/mol. The van der Waals surface area contributed by atoms with Gasteiger partial charge in [-0.05, 0) is 42.3 Å². The average molecular weight is 496 g/mol. The van der Waals surface area contributed by atoms with Crippen LogP contribution < -0.4 is 9.47 Å². The molecule has 1 saturated heterocycles. The third-order valence-electron chi connectivity index (χ3n) is 5.85. The molecule has 1 aliphatic rings. The van der Waals surface area contributed by atoms with Crippen molar-refractivity contribution in [3.8, 4) is 11.5 Å². The Kier molecular flexibility index (Phi) is 6.45. The Hall–Kier alpha value is -3.25. The van der Waals surface area contributed by atoms with Crippen LogP contribution in [0.5, 0.6) is 11.5 Å². The number of ether oxygens (including phenoxy) is 2. The Morgan fingerprint density at radius 2 is 1.85 bits per heavy atom. The number of alkyl halides is 2. The zero-order chi connectivity index (χ0) is 24.6. The minimum Gasteiger partial charge on any atom is -0.497 e. The molecule has 12 heteroatoms. The maximum absolute atomic E-state index is 13.2. The van der Waals surface area contributed by atoms with Crippen molar-refractivity contribution in [1.29, 1.82) is 0 Å². The van der Waals surface area contributed by atoms with Gasteiger partial charge in [-0.15, -0.1) is 0 Å². The van der Waals surface area contributed by atoms with Crippen molar-refractivity contribution in [2.45, 2.75) is 30.9 Å². The van der Waals surface area contributed by atoms with Crippen LogP contribution in [0.4, 0.5) is 8.78 Å². The van der Waals surface area contributed by atoms with Gasteiger partial charge in [0, 0.05) is 24.5 Å². The summed E-state index contributed by atoms with van der Waals surface area (Å²) in [7, 11) is -2.39. The van der Waals surface area contributed by atoms with E-state index in [1.165, 1.54) is 35.7 Å². The number of aromatic nitrogens is 2. The van der Waals surface area contributed by atoms with Gasteiger partial charge in [0.1, 0.15) is 11.5 Å². The maximum Gasteiger partial charge on any atom is 0.387 e. The number of fused-ring (bicyclic) bond motifs is 1. The number of hydrogen-bond donors (Lipinski definition) is 1. The fourth-order valence-electron chi connectivity index (χ4n) is 4.20. The number of sulfonamides is 1. The number of methoxy groups -OCH3 is 1. The maximum atomic E-state index is 13.2. The molecule has 34 heavy (non-hydrogen) atoms. The molecule has 1 N–H and O–H groups in total. The summed E-state index contributed by atoms with van der Waals surface area (Å²) in [5, 5.41) is 14.5. The van der Waals surface area contributed by atoms with Crippen molar-refractivity contribution in [3.05, 3.63) is 48.2 Å².